The van der Waals surface area contributed by atoms with Crippen LogP contribution in [0.4, 0.5) is 10.5 Å². The fraction of sp³-hybridized carbons (Fsp3) is 0.273. The molecule has 1 fully saturated rings. The third-order valence-corrected chi connectivity index (χ3v) is 5.28. The predicted octanol–water partition coefficient (Wildman–Crippen LogP) is 3.50. The summed E-state index contributed by atoms with van der Waals surface area (Å²) in [6.07, 6.45) is 5.15. The predicted molar refractivity (Wildman–Crippen MR) is 107 cm³/mol. The molecule has 2 amide bonds. The zero-order valence-electron chi connectivity index (χ0n) is 15.5. The van der Waals surface area contributed by atoms with Crippen molar-refractivity contribution >= 4 is 17.5 Å². The molecule has 4 rings (SSSR count). The molecule has 2 aromatic carbocycles. The van der Waals surface area contributed by atoms with Gasteiger partial charge in [0.15, 0.2) is 5.78 Å². The number of nitrogens with zero attached hydrogens (tertiary/aromatic N) is 1. The maximum atomic E-state index is 13.1. The van der Waals surface area contributed by atoms with Crippen molar-refractivity contribution in [3.05, 3.63) is 71.4 Å². The Balaban J connectivity index is 1.58. The van der Waals surface area contributed by atoms with Gasteiger partial charge < -0.3 is 20.6 Å². The minimum Gasteiger partial charge on any atom is -0.508 e. The zero-order valence-corrected chi connectivity index (χ0v) is 15.5. The molecule has 0 bridgehead atoms. The third-order valence-electron chi connectivity index (χ3n) is 5.28. The van der Waals surface area contributed by atoms with Gasteiger partial charge in [0.25, 0.3) is 0 Å². The second kappa shape index (κ2) is 7.76. The lowest BCUT2D eigenvalue weighted by atomic mass is 9.92. The highest BCUT2D eigenvalue weighted by Crippen LogP contribution is 2.28. The van der Waals surface area contributed by atoms with Gasteiger partial charge in [-0.15, -0.1) is 0 Å². The number of urea groups is 1. The van der Waals surface area contributed by atoms with Crippen molar-refractivity contribution in [3.8, 4) is 5.75 Å². The molecular formula is C22H23N3O3. The van der Waals surface area contributed by atoms with E-state index >= 15 is 0 Å². The van der Waals surface area contributed by atoms with E-state index in [9.17, 15) is 14.7 Å². The number of rotatable bonds is 4. The molecule has 1 saturated heterocycles. The maximum absolute atomic E-state index is 13.1. The Morgan fingerprint density at radius 3 is 2.32 bits per heavy atom. The van der Waals surface area contributed by atoms with Crippen LogP contribution in [0.3, 0.4) is 0 Å². The van der Waals surface area contributed by atoms with Gasteiger partial charge in [0, 0.05) is 36.1 Å². The second-order valence-corrected chi connectivity index (χ2v) is 7.17. The van der Waals surface area contributed by atoms with Crippen LogP contribution in [0.2, 0.25) is 0 Å². The lowest BCUT2D eigenvalue weighted by molar-refractivity contribution is 0.102. The van der Waals surface area contributed by atoms with E-state index in [4.69, 9.17) is 0 Å². The van der Waals surface area contributed by atoms with Gasteiger partial charge in [-0.05, 0) is 61.2 Å². The van der Waals surface area contributed by atoms with Gasteiger partial charge in [-0.2, -0.15) is 0 Å². The number of hydrogen-bond acceptors (Lipinski definition) is 4. The summed E-state index contributed by atoms with van der Waals surface area (Å²) < 4.78 is 0. The number of piperidine rings is 1. The van der Waals surface area contributed by atoms with Gasteiger partial charge in [0.2, 0.25) is 0 Å². The number of aromatic hydroxyl groups is 1. The van der Waals surface area contributed by atoms with Crippen LogP contribution in [-0.2, 0) is 0 Å². The molecule has 1 atom stereocenters. The number of nitrogens with one attached hydrogen (secondary N) is 2. The standard InChI is InChI=1S/C22H23N3O3/c26-18-10-6-15(7-11-18)20-19(14-23-22(28)24-20)21(27)16-4-8-17(9-5-16)25-12-2-1-3-13-25/h4-11,14,20,26H,1-3,12-13H2,(H2,23,24,28). The number of benzene rings is 2. The summed E-state index contributed by atoms with van der Waals surface area (Å²) in [6.45, 7) is 2.11. The largest absolute Gasteiger partial charge is 0.508 e. The van der Waals surface area contributed by atoms with E-state index in [0.717, 1.165) is 24.3 Å². The van der Waals surface area contributed by atoms with Crippen LogP contribution in [0.5, 0.6) is 5.75 Å². The number of amides is 2. The summed E-state index contributed by atoms with van der Waals surface area (Å²) in [7, 11) is 0. The van der Waals surface area contributed by atoms with Gasteiger partial charge in [-0.1, -0.05) is 12.1 Å². The summed E-state index contributed by atoms with van der Waals surface area (Å²) in [5.74, 6) is -0.00932. The number of ketones is 1. The van der Waals surface area contributed by atoms with Crippen LogP contribution in [-0.4, -0.2) is 30.0 Å². The van der Waals surface area contributed by atoms with Crippen LogP contribution >= 0.6 is 0 Å². The van der Waals surface area contributed by atoms with E-state index < -0.39 is 6.04 Å². The van der Waals surface area contributed by atoms with E-state index in [-0.39, 0.29) is 17.6 Å². The first-order valence-electron chi connectivity index (χ1n) is 9.57. The molecule has 6 heteroatoms. The van der Waals surface area contributed by atoms with Crippen molar-refractivity contribution in [2.24, 2.45) is 0 Å². The zero-order chi connectivity index (χ0) is 19.5. The molecule has 6 nitrogen and oxygen atoms in total. The maximum Gasteiger partial charge on any atom is 0.319 e. The highest BCUT2D eigenvalue weighted by molar-refractivity contribution is 6.10. The van der Waals surface area contributed by atoms with Gasteiger partial charge >= 0.3 is 6.03 Å². The Hall–Kier alpha value is -3.28. The average Bonchev–Trinajstić information content (AvgIpc) is 2.74. The van der Waals surface area contributed by atoms with Crippen LogP contribution in [0.25, 0.3) is 0 Å². The van der Waals surface area contributed by atoms with Crippen molar-refractivity contribution in [2.75, 3.05) is 18.0 Å². The smallest absolute Gasteiger partial charge is 0.319 e. The van der Waals surface area contributed by atoms with E-state index in [1.165, 1.54) is 25.5 Å². The Labute approximate surface area is 163 Å². The van der Waals surface area contributed by atoms with Crippen LogP contribution in [0.15, 0.2) is 60.3 Å². The van der Waals surface area contributed by atoms with Crippen molar-refractivity contribution in [3.63, 3.8) is 0 Å². The van der Waals surface area contributed by atoms with Gasteiger partial charge in [-0.25, -0.2) is 4.79 Å². The fourth-order valence-electron chi connectivity index (χ4n) is 3.75. The third kappa shape index (κ3) is 3.71. The number of hydrogen-bond donors (Lipinski definition) is 3. The fourth-order valence-corrected chi connectivity index (χ4v) is 3.75. The Morgan fingerprint density at radius 1 is 0.964 bits per heavy atom. The average molecular weight is 377 g/mol. The molecule has 0 aromatic heterocycles. The minimum absolute atomic E-state index is 0.133. The van der Waals surface area contributed by atoms with E-state index in [1.54, 1.807) is 24.3 Å². The molecule has 28 heavy (non-hydrogen) atoms. The van der Waals surface area contributed by atoms with Crippen molar-refractivity contribution in [1.29, 1.82) is 0 Å². The van der Waals surface area contributed by atoms with Crippen molar-refractivity contribution in [1.82, 2.24) is 10.6 Å². The lowest BCUT2D eigenvalue weighted by Crippen LogP contribution is -2.42. The molecule has 2 aliphatic heterocycles. The minimum atomic E-state index is -0.566. The molecule has 0 spiro atoms. The molecule has 2 aliphatic rings. The van der Waals surface area contributed by atoms with E-state index in [2.05, 4.69) is 15.5 Å². The van der Waals surface area contributed by atoms with E-state index in [0.29, 0.717) is 11.1 Å². The van der Waals surface area contributed by atoms with Crippen molar-refractivity contribution in [2.45, 2.75) is 25.3 Å². The number of Topliss-reactive ketones (excluding diaryl/α,β-unsaturated/α-hetero) is 1. The van der Waals surface area contributed by atoms with Gasteiger partial charge in [-0.3, -0.25) is 4.79 Å². The normalized spacial score (nSPS) is 19.4. The molecule has 2 aromatic rings. The van der Waals surface area contributed by atoms with Gasteiger partial charge in [0.05, 0.1) is 6.04 Å². The first-order valence-corrected chi connectivity index (χ1v) is 9.57. The number of carbonyl (C=O) groups excluding carboxylic acids is 2. The lowest BCUT2D eigenvalue weighted by Gasteiger charge is -2.29. The van der Waals surface area contributed by atoms with Crippen LogP contribution in [0.1, 0.15) is 41.2 Å². The quantitative estimate of drug-likeness (QED) is 0.713. The number of phenols is 1. The first kappa shape index (κ1) is 18.1. The van der Waals surface area contributed by atoms with Crippen LogP contribution < -0.4 is 15.5 Å². The number of carbonyl (C=O) groups is 2. The Kier molecular flexibility index (Phi) is 5.02. The van der Waals surface area contributed by atoms with Crippen LogP contribution in [0, 0.1) is 0 Å². The Bertz CT molecular complexity index is 898. The SMILES string of the molecule is O=C1NC=C(C(=O)c2ccc(N3CCCCC3)cc2)C(c2ccc(O)cc2)N1. The molecule has 0 aliphatic carbocycles. The molecular weight excluding hydrogens is 354 g/mol. The monoisotopic (exact) mass is 377 g/mol. The van der Waals surface area contributed by atoms with Crippen molar-refractivity contribution < 1.29 is 14.7 Å². The molecule has 0 saturated carbocycles. The summed E-state index contributed by atoms with van der Waals surface area (Å²) in [6, 6.07) is 13.2. The highest BCUT2D eigenvalue weighted by Gasteiger charge is 2.28. The highest BCUT2D eigenvalue weighted by atomic mass is 16.3. The first-order chi connectivity index (χ1) is 13.6. The number of anilines is 1. The summed E-state index contributed by atoms with van der Waals surface area (Å²) in [5.41, 5.74) is 2.90. The molecule has 1 unspecified atom stereocenters. The summed E-state index contributed by atoms with van der Waals surface area (Å²) >= 11 is 0. The molecule has 0 radical (unpaired) electrons. The summed E-state index contributed by atoms with van der Waals surface area (Å²) in [4.78, 5) is 27.3. The Morgan fingerprint density at radius 2 is 1.64 bits per heavy atom. The number of phenolic OH excluding ortho intramolecular Hbond substituents is 1. The molecule has 144 valence electrons. The second-order valence-electron chi connectivity index (χ2n) is 7.17. The van der Waals surface area contributed by atoms with E-state index in [1.807, 2.05) is 24.3 Å². The molecule has 2 heterocycles. The molecule has 3 N–H and O–H groups in total. The topological polar surface area (TPSA) is 81.7 Å². The summed E-state index contributed by atoms with van der Waals surface area (Å²) in [5, 5.41) is 14.9. The van der Waals surface area contributed by atoms with Gasteiger partial charge in [0.1, 0.15) is 5.75 Å².